The number of hydrogen-bond donors (Lipinski definition) is 1. The fourth-order valence-electron chi connectivity index (χ4n) is 1.24. The van der Waals surface area contributed by atoms with Crippen LogP contribution in [0.2, 0.25) is 0 Å². The van der Waals surface area contributed by atoms with E-state index in [1.807, 2.05) is 5.01 Å². The van der Waals surface area contributed by atoms with Crippen molar-refractivity contribution in [1.29, 1.82) is 0 Å². The number of nitrogens with one attached hydrogen (secondary N) is 1. The molecule has 1 heterocycles. The zero-order valence-corrected chi connectivity index (χ0v) is 6.96. The highest BCUT2D eigenvalue weighted by molar-refractivity contribution is 5.72. The Morgan fingerprint density at radius 3 is 2.91 bits per heavy atom. The van der Waals surface area contributed by atoms with Gasteiger partial charge in [-0.2, -0.15) is 0 Å². The van der Waals surface area contributed by atoms with Crippen molar-refractivity contribution in [3.63, 3.8) is 0 Å². The van der Waals surface area contributed by atoms with Crippen LogP contribution >= 0.6 is 0 Å². The molecule has 1 unspecified atom stereocenters. The molecule has 64 valence electrons. The number of hydrazine groups is 1. The van der Waals surface area contributed by atoms with Gasteiger partial charge in [-0.3, -0.25) is 10.2 Å². The van der Waals surface area contributed by atoms with Crippen molar-refractivity contribution in [3.05, 3.63) is 0 Å². The Morgan fingerprint density at radius 2 is 2.45 bits per heavy atom. The molecule has 1 aliphatic rings. The minimum absolute atomic E-state index is 0.0123. The van der Waals surface area contributed by atoms with Gasteiger partial charge in [0.05, 0.1) is 6.10 Å². The van der Waals surface area contributed by atoms with E-state index in [1.165, 1.54) is 6.92 Å². The van der Waals surface area contributed by atoms with Gasteiger partial charge in [0.1, 0.15) is 0 Å². The summed E-state index contributed by atoms with van der Waals surface area (Å²) < 4.78 is 5.13. The zero-order valence-electron chi connectivity index (χ0n) is 6.96. The Kier molecular flexibility index (Phi) is 2.84. The van der Waals surface area contributed by atoms with Crippen molar-refractivity contribution in [2.75, 3.05) is 20.2 Å². The van der Waals surface area contributed by atoms with Crippen LogP contribution in [0.4, 0.5) is 0 Å². The standard InChI is InChI=1S/C7H14N2O2/c1-6(10)8-9-4-3-7(5-9)11-2/h7H,3-5H2,1-2H3,(H,8,10). The Hall–Kier alpha value is -0.610. The summed E-state index contributed by atoms with van der Waals surface area (Å²) in [6.45, 7) is 3.20. The zero-order chi connectivity index (χ0) is 8.27. The van der Waals surface area contributed by atoms with Crippen molar-refractivity contribution < 1.29 is 9.53 Å². The van der Waals surface area contributed by atoms with Crippen molar-refractivity contribution in [2.45, 2.75) is 19.4 Å². The van der Waals surface area contributed by atoms with E-state index in [9.17, 15) is 4.79 Å². The molecule has 0 aromatic rings. The molecule has 1 aliphatic heterocycles. The maximum absolute atomic E-state index is 10.6. The molecular formula is C7H14N2O2. The van der Waals surface area contributed by atoms with Crippen LogP contribution in [0.15, 0.2) is 0 Å². The topological polar surface area (TPSA) is 41.6 Å². The number of hydrogen-bond acceptors (Lipinski definition) is 3. The molecular weight excluding hydrogens is 144 g/mol. The third kappa shape index (κ3) is 2.48. The molecule has 0 bridgehead atoms. The maximum Gasteiger partial charge on any atom is 0.231 e. The van der Waals surface area contributed by atoms with Gasteiger partial charge in [0.15, 0.2) is 0 Å². The summed E-state index contributed by atoms with van der Waals surface area (Å²) in [6, 6.07) is 0. The number of rotatable bonds is 2. The lowest BCUT2D eigenvalue weighted by molar-refractivity contribution is -0.123. The smallest absolute Gasteiger partial charge is 0.231 e. The number of carbonyl (C=O) groups excluding carboxylic acids is 1. The summed E-state index contributed by atoms with van der Waals surface area (Å²) in [5, 5.41) is 1.89. The fourth-order valence-corrected chi connectivity index (χ4v) is 1.24. The third-order valence-corrected chi connectivity index (χ3v) is 1.79. The van der Waals surface area contributed by atoms with Gasteiger partial charge in [-0.25, -0.2) is 5.01 Å². The first-order chi connectivity index (χ1) is 5.22. The Bertz CT molecular complexity index is 149. The lowest BCUT2D eigenvalue weighted by atomic mass is 10.3. The molecule has 0 saturated carbocycles. The van der Waals surface area contributed by atoms with Crippen molar-refractivity contribution in [1.82, 2.24) is 10.4 Å². The van der Waals surface area contributed by atoms with E-state index in [2.05, 4.69) is 5.43 Å². The number of carbonyl (C=O) groups is 1. The van der Waals surface area contributed by atoms with Crippen LogP contribution < -0.4 is 5.43 Å². The van der Waals surface area contributed by atoms with Crippen LogP contribution in [-0.4, -0.2) is 37.2 Å². The second-order valence-electron chi connectivity index (χ2n) is 2.76. The van der Waals surface area contributed by atoms with E-state index in [0.717, 1.165) is 19.5 Å². The van der Waals surface area contributed by atoms with Crippen LogP contribution in [0.25, 0.3) is 0 Å². The number of methoxy groups -OCH3 is 1. The fraction of sp³-hybridized carbons (Fsp3) is 0.857. The number of amides is 1. The van der Waals surface area contributed by atoms with Crippen LogP contribution in [0.5, 0.6) is 0 Å². The van der Waals surface area contributed by atoms with E-state index in [0.29, 0.717) is 0 Å². The largest absolute Gasteiger partial charge is 0.380 e. The van der Waals surface area contributed by atoms with Crippen LogP contribution in [-0.2, 0) is 9.53 Å². The monoisotopic (exact) mass is 158 g/mol. The molecule has 11 heavy (non-hydrogen) atoms. The van der Waals surface area contributed by atoms with E-state index >= 15 is 0 Å². The molecule has 4 nitrogen and oxygen atoms in total. The highest BCUT2D eigenvalue weighted by atomic mass is 16.5. The molecule has 1 N–H and O–H groups in total. The first-order valence-electron chi connectivity index (χ1n) is 3.77. The summed E-state index contributed by atoms with van der Waals surface area (Å²) in [7, 11) is 1.70. The molecule has 1 atom stereocenters. The highest BCUT2D eigenvalue weighted by Crippen LogP contribution is 2.08. The summed E-state index contributed by atoms with van der Waals surface area (Å²) in [5.74, 6) is -0.0123. The van der Waals surface area contributed by atoms with Crippen molar-refractivity contribution in [3.8, 4) is 0 Å². The van der Waals surface area contributed by atoms with Gasteiger partial charge in [0.2, 0.25) is 5.91 Å². The van der Waals surface area contributed by atoms with Crippen molar-refractivity contribution in [2.24, 2.45) is 0 Å². The first kappa shape index (κ1) is 8.49. The number of nitrogens with zero attached hydrogens (tertiary/aromatic N) is 1. The summed E-state index contributed by atoms with van der Waals surface area (Å²) in [6.07, 6.45) is 1.28. The average Bonchev–Trinajstić information content (AvgIpc) is 2.34. The Morgan fingerprint density at radius 1 is 1.73 bits per heavy atom. The molecule has 1 rings (SSSR count). The second-order valence-corrected chi connectivity index (χ2v) is 2.76. The summed E-state index contributed by atoms with van der Waals surface area (Å²) >= 11 is 0. The lowest BCUT2D eigenvalue weighted by Crippen LogP contribution is -2.39. The van der Waals surface area contributed by atoms with Gasteiger partial charge in [-0.05, 0) is 6.42 Å². The highest BCUT2D eigenvalue weighted by Gasteiger charge is 2.21. The first-order valence-corrected chi connectivity index (χ1v) is 3.77. The SMILES string of the molecule is COC1CCN(NC(C)=O)C1. The van der Waals surface area contributed by atoms with Gasteiger partial charge >= 0.3 is 0 Å². The molecule has 1 amide bonds. The van der Waals surface area contributed by atoms with Gasteiger partial charge in [-0.15, -0.1) is 0 Å². The van der Waals surface area contributed by atoms with Crippen LogP contribution in [0.1, 0.15) is 13.3 Å². The van der Waals surface area contributed by atoms with Gasteiger partial charge in [-0.1, -0.05) is 0 Å². The minimum Gasteiger partial charge on any atom is -0.380 e. The molecule has 0 aliphatic carbocycles. The van der Waals surface area contributed by atoms with E-state index in [4.69, 9.17) is 4.74 Å². The van der Waals surface area contributed by atoms with Crippen molar-refractivity contribution >= 4 is 5.91 Å². The predicted molar refractivity (Wildman–Crippen MR) is 40.8 cm³/mol. The minimum atomic E-state index is -0.0123. The summed E-state index contributed by atoms with van der Waals surface area (Å²) in [5.41, 5.74) is 2.72. The molecule has 4 heteroatoms. The number of ether oxygens (including phenoxy) is 1. The maximum atomic E-state index is 10.6. The Balaban J connectivity index is 2.24. The second kappa shape index (κ2) is 3.69. The summed E-state index contributed by atoms with van der Waals surface area (Å²) in [4.78, 5) is 10.6. The Labute approximate surface area is 66.5 Å². The van der Waals surface area contributed by atoms with Gasteiger partial charge < -0.3 is 4.74 Å². The average molecular weight is 158 g/mol. The normalized spacial score (nSPS) is 25.5. The molecule has 0 aromatic heterocycles. The van der Waals surface area contributed by atoms with E-state index in [1.54, 1.807) is 7.11 Å². The molecule has 0 radical (unpaired) electrons. The van der Waals surface area contributed by atoms with E-state index < -0.39 is 0 Å². The third-order valence-electron chi connectivity index (χ3n) is 1.79. The molecule has 0 aromatic carbocycles. The van der Waals surface area contributed by atoms with Gasteiger partial charge in [0.25, 0.3) is 0 Å². The van der Waals surface area contributed by atoms with Crippen LogP contribution in [0.3, 0.4) is 0 Å². The van der Waals surface area contributed by atoms with Gasteiger partial charge in [0, 0.05) is 27.1 Å². The molecule has 1 saturated heterocycles. The van der Waals surface area contributed by atoms with Crippen LogP contribution in [0, 0.1) is 0 Å². The predicted octanol–water partition coefficient (Wildman–Crippen LogP) is -0.242. The molecule has 1 fully saturated rings. The molecule has 0 spiro atoms. The lowest BCUT2D eigenvalue weighted by Gasteiger charge is -2.14. The van der Waals surface area contributed by atoms with E-state index in [-0.39, 0.29) is 12.0 Å². The quantitative estimate of drug-likeness (QED) is 0.603.